The molecule has 1 amide bonds. The summed E-state index contributed by atoms with van der Waals surface area (Å²) in [6.07, 6.45) is 1.69. The van der Waals surface area contributed by atoms with Gasteiger partial charge < -0.3 is 5.32 Å². The van der Waals surface area contributed by atoms with Gasteiger partial charge in [0.25, 0.3) is 5.56 Å². The molecule has 0 fully saturated rings. The van der Waals surface area contributed by atoms with E-state index in [1.165, 1.54) is 11.8 Å². The molecule has 7 heteroatoms. The molecule has 0 saturated carbocycles. The molecule has 4 rings (SSSR count). The number of aromatic nitrogens is 3. The van der Waals surface area contributed by atoms with Gasteiger partial charge in [0.05, 0.1) is 34.6 Å². The van der Waals surface area contributed by atoms with Crippen LogP contribution in [0.4, 0.5) is 0 Å². The maximum atomic E-state index is 13.4. The fraction of sp³-hybridized carbons (Fsp3) is 0.167. The van der Waals surface area contributed by atoms with E-state index in [9.17, 15) is 9.59 Å². The minimum Gasteiger partial charge on any atom is -0.350 e. The standard InChI is InChI=1S/C24H22N4O2S/c1-16-10-11-17(2)21(13-16)28-23(30)19-8-3-4-9-20(19)27-24(28)31-15-22(29)26-14-18-7-5-6-12-25-18/h3-13H,14-15H2,1-2H3,(H,26,29). The molecule has 31 heavy (non-hydrogen) atoms. The summed E-state index contributed by atoms with van der Waals surface area (Å²) in [5, 5.41) is 3.90. The first kappa shape index (κ1) is 20.8. The van der Waals surface area contributed by atoms with E-state index < -0.39 is 0 Å². The fourth-order valence-electron chi connectivity index (χ4n) is 3.25. The number of carbonyl (C=O) groups is 1. The Kier molecular flexibility index (Phi) is 6.13. The van der Waals surface area contributed by atoms with Crippen molar-refractivity contribution in [2.75, 3.05) is 5.75 Å². The maximum Gasteiger partial charge on any atom is 0.266 e. The van der Waals surface area contributed by atoms with Gasteiger partial charge in [0.15, 0.2) is 5.16 Å². The number of amides is 1. The molecule has 0 aliphatic carbocycles. The van der Waals surface area contributed by atoms with E-state index in [0.717, 1.165) is 22.5 Å². The van der Waals surface area contributed by atoms with Crippen molar-refractivity contribution < 1.29 is 4.79 Å². The Bertz CT molecular complexity index is 1300. The Labute approximate surface area is 184 Å². The van der Waals surface area contributed by atoms with E-state index in [-0.39, 0.29) is 17.2 Å². The van der Waals surface area contributed by atoms with E-state index in [1.807, 2.05) is 68.4 Å². The van der Waals surface area contributed by atoms with Gasteiger partial charge >= 0.3 is 0 Å². The first-order valence-electron chi connectivity index (χ1n) is 9.92. The summed E-state index contributed by atoms with van der Waals surface area (Å²) in [5.41, 5.74) is 4.05. The largest absolute Gasteiger partial charge is 0.350 e. The third kappa shape index (κ3) is 4.67. The van der Waals surface area contributed by atoms with Crippen LogP contribution in [-0.2, 0) is 11.3 Å². The summed E-state index contributed by atoms with van der Waals surface area (Å²) in [4.78, 5) is 34.7. The number of carbonyl (C=O) groups excluding carboxylic acids is 1. The molecular weight excluding hydrogens is 408 g/mol. The van der Waals surface area contributed by atoms with Crippen LogP contribution in [0.3, 0.4) is 0 Å². The number of pyridine rings is 1. The zero-order valence-electron chi connectivity index (χ0n) is 17.3. The number of benzene rings is 2. The van der Waals surface area contributed by atoms with Crippen LogP contribution in [0.2, 0.25) is 0 Å². The van der Waals surface area contributed by atoms with Crippen LogP contribution in [0.25, 0.3) is 16.6 Å². The lowest BCUT2D eigenvalue weighted by Gasteiger charge is -2.15. The minimum atomic E-state index is -0.148. The topological polar surface area (TPSA) is 76.9 Å². The molecule has 0 saturated heterocycles. The second-order valence-corrected chi connectivity index (χ2v) is 8.17. The van der Waals surface area contributed by atoms with Crippen LogP contribution in [0.15, 0.2) is 76.8 Å². The summed E-state index contributed by atoms with van der Waals surface area (Å²) in [7, 11) is 0. The van der Waals surface area contributed by atoms with E-state index >= 15 is 0 Å². The van der Waals surface area contributed by atoms with E-state index in [2.05, 4.69) is 10.3 Å². The van der Waals surface area contributed by atoms with Gasteiger partial charge in [-0.1, -0.05) is 42.1 Å². The molecule has 2 aromatic carbocycles. The van der Waals surface area contributed by atoms with Crippen molar-refractivity contribution in [2.24, 2.45) is 0 Å². The highest BCUT2D eigenvalue weighted by Crippen LogP contribution is 2.23. The van der Waals surface area contributed by atoms with Crippen molar-refractivity contribution >= 4 is 28.6 Å². The molecule has 156 valence electrons. The molecule has 0 atom stereocenters. The predicted molar refractivity (Wildman–Crippen MR) is 124 cm³/mol. The summed E-state index contributed by atoms with van der Waals surface area (Å²) >= 11 is 1.25. The summed E-state index contributed by atoms with van der Waals surface area (Å²) in [5.74, 6) is -0.00627. The number of thioether (sulfide) groups is 1. The monoisotopic (exact) mass is 430 g/mol. The number of nitrogens with one attached hydrogen (secondary N) is 1. The Hall–Kier alpha value is -3.45. The van der Waals surface area contributed by atoms with Crippen LogP contribution >= 0.6 is 11.8 Å². The van der Waals surface area contributed by atoms with Gasteiger partial charge in [-0.25, -0.2) is 4.98 Å². The highest BCUT2D eigenvalue weighted by molar-refractivity contribution is 7.99. The number of fused-ring (bicyclic) bond motifs is 1. The number of para-hydroxylation sites is 1. The van der Waals surface area contributed by atoms with Gasteiger partial charge in [0, 0.05) is 6.20 Å². The SMILES string of the molecule is Cc1ccc(C)c(-n2c(SCC(=O)NCc3ccccn3)nc3ccccc3c2=O)c1. The third-order valence-electron chi connectivity index (χ3n) is 4.88. The van der Waals surface area contributed by atoms with Gasteiger partial charge in [-0.3, -0.25) is 19.1 Å². The third-order valence-corrected chi connectivity index (χ3v) is 5.81. The Morgan fingerprint density at radius 1 is 1.06 bits per heavy atom. The van der Waals surface area contributed by atoms with Crippen molar-refractivity contribution in [3.05, 3.63) is 94.0 Å². The lowest BCUT2D eigenvalue weighted by atomic mass is 10.1. The first-order valence-corrected chi connectivity index (χ1v) is 10.9. The molecule has 1 N–H and O–H groups in total. The second kappa shape index (κ2) is 9.14. The van der Waals surface area contributed by atoms with Gasteiger partial charge in [0.1, 0.15) is 0 Å². The number of hydrogen-bond acceptors (Lipinski definition) is 5. The lowest BCUT2D eigenvalue weighted by Crippen LogP contribution is -2.26. The van der Waals surface area contributed by atoms with E-state index in [1.54, 1.807) is 16.8 Å². The van der Waals surface area contributed by atoms with Crippen molar-refractivity contribution in [2.45, 2.75) is 25.5 Å². The average Bonchev–Trinajstić information content (AvgIpc) is 2.79. The minimum absolute atomic E-state index is 0.141. The summed E-state index contributed by atoms with van der Waals surface area (Å²) in [6.45, 7) is 4.31. The van der Waals surface area contributed by atoms with Gasteiger partial charge in [-0.15, -0.1) is 0 Å². The van der Waals surface area contributed by atoms with Crippen LogP contribution in [0.5, 0.6) is 0 Å². The second-order valence-electron chi connectivity index (χ2n) is 7.23. The molecule has 0 spiro atoms. The highest BCUT2D eigenvalue weighted by atomic mass is 32.2. The molecule has 0 aliphatic rings. The maximum absolute atomic E-state index is 13.4. The zero-order chi connectivity index (χ0) is 21.8. The van der Waals surface area contributed by atoms with Gasteiger partial charge in [-0.2, -0.15) is 0 Å². The molecule has 2 heterocycles. The average molecular weight is 431 g/mol. The van der Waals surface area contributed by atoms with Crippen molar-refractivity contribution in [3.63, 3.8) is 0 Å². The number of rotatable bonds is 6. The highest BCUT2D eigenvalue weighted by Gasteiger charge is 2.16. The smallest absolute Gasteiger partial charge is 0.266 e. The van der Waals surface area contributed by atoms with Gasteiger partial charge in [-0.05, 0) is 55.3 Å². The Balaban J connectivity index is 1.65. The molecule has 0 unspecified atom stereocenters. The van der Waals surface area contributed by atoms with Gasteiger partial charge in [0.2, 0.25) is 5.91 Å². The summed E-state index contributed by atoms with van der Waals surface area (Å²) in [6, 6.07) is 18.8. The van der Waals surface area contributed by atoms with Crippen molar-refractivity contribution in [1.29, 1.82) is 0 Å². The fourth-order valence-corrected chi connectivity index (χ4v) is 4.09. The lowest BCUT2D eigenvalue weighted by molar-refractivity contribution is -0.118. The van der Waals surface area contributed by atoms with Crippen molar-refractivity contribution in [1.82, 2.24) is 19.9 Å². The summed E-state index contributed by atoms with van der Waals surface area (Å²) < 4.78 is 1.61. The zero-order valence-corrected chi connectivity index (χ0v) is 18.1. The molecule has 0 aliphatic heterocycles. The van der Waals surface area contributed by atoms with Crippen LogP contribution in [0.1, 0.15) is 16.8 Å². The van der Waals surface area contributed by atoms with Crippen LogP contribution in [0, 0.1) is 13.8 Å². The van der Waals surface area contributed by atoms with Crippen molar-refractivity contribution in [3.8, 4) is 5.69 Å². The number of hydrogen-bond donors (Lipinski definition) is 1. The van der Waals surface area contributed by atoms with Crippen LogP contribution in [-0.4, -0.2) is 26.2 Å². The molecular formula is C24H22N4O2S. The molecule has 0 radical (unpaired) electrons. The Morgan fingerprint density at radius 3 is 2.68 bits per heavy atom. The van der Waals surface area contributed by atoms with E-state index in [0.29, 0.717) is 22.6 Å². The molecule has 0 bridgehead atoms. The normalized spacial score (nSPS) is 10.9. The number of aryl methyl sites for hydroxylation is 2. The number of nitrogens with zero attached hydrogens (tertiary/aromatic N) is 3. The molecule has 2 aromatic heterocycles. The molecule has 6 nitrogen and oxygen atoms in total. The predicted octanol–water partition coefficient (Wildman–Crippen LogP) is 3.81. The first-order chi connectivity index (χ1) is 15.0. The molecule has 4 aromatic rings. The van der Waals surface area contributed by atoms with E-state index in [4.69, 9.17) is 4.98 Å². The van der Waals surface area contributed by atoms with Crippen LogP contribution < -0.4 is 10.9 Å². The quantitative estimate of drug-likeness (QED) is 0.372. The Morgan fingerprint density at radius 2 is 1.87 bits per heavy atom.